The van der Waals surface area contributed by atoms with Crippen LogP contribution in [0.25, 0.3) is 0 Å². The van der Waals surface area contributed by atoms with Crippen molar-refractivity contribution < 1.29 is 14.8 Å². The highest BCUT2D eigenvalue weighted by Gasteiger charge is 2.20. The molecule has 0 saturated carbocycles. The largest absolute Gasteiger partial charge is 0.502 e. The van der Waals surface area contributed by atoms with Crippen LogP contribution in [-0.4, -0.2) is 22.5 Å². The SMILES string of the molecule is CC#CCNC(=O)c1cccc([N+](=O)[O-])c1O. The van der Waals surface area contributed by atoms with E-state index in [1.165, 1.54) is 12.1 Å². The molecule has 0 aromatic heterocycles. The van der Waals surface area contributed by atoms with Crippen LogP contribution in [0.5, 0.6) is 5.75 Å². The summed E-state index contributed by atoms with van der Waals surface area (Å²) in [7, 11) is 0. The standard InChI is InChI=1S/C11H10N2O4/c1-2-3-7-12-11(15)8-5-4-6-9(10(8)14)13(16)17/h4-6,14H,7H2,1H3,(H,12,15). The van der Waals surface area contributed by atoms with Gasteiger partial charge in [0.25, 0.3) is 5.91 Å². The van der Waals surface area contributed by atoms with Gasteiger partial charge in [0.1, 0.15) is 0 Å². The van der Waals surface area contributed by atoms with E-state index in [4.69, 9.17) is 0 Å². The summed E-state index contributed by atoms with van der Waals surface area (Å²) in [4.78, 5) is 21.4. The summed E-state index contributed by atoms with van der Waals surface area (Å²) in [5.74, 6) is 3.95. The van der Waals surface area contributed by atoms with Gasteiger partial charge in [-0.05, 0) is 13.0 Å². The number of hydrogen-bond acceptors (Lipinski definition) is 4. The van der Waals surface area contributed by atoms with Crippen molar-refractivity contribution in [2.45, 2.75) is 6.92 Å². The number of nitrogens with zero attached hydrogens (tertiary/aromatic N) is 1. The zero-order chi connectivity index (χ0) is 12.8. The van der Waals surface area contributed by atoms with Crippen LogP contribution in [-0.2, 0) is 0 Å². The molecule has 0 unspecified atom stereocenters. The molecule has 0 spiro atoms. The Labute approximate surface area is 97.4 Å². The Morgan fingerprint density at radius 2 is 2.29 bits per heavy atom. The van der Waals surface area contributed by atoms with E-state index in [0.29, 0.717) is 0 Å². The van der Waals surface area contributed by atoms with E-state index in [9.17, 15) is 20.0 Å². The van der Waals surface area contributed by atoms with Gasteiger partial charge < -0.3 is 10.4 Å². The minimum absolute atomic E-state index is 0.122. The molecule has 2 N–H and O–H groups in total. The number of nitro benzene ring substituents is 1. The van der Waals surface area contributed by atoms with Crippen molar-refractivity contribution in [3.63, 3.8) is 0 Å². The van der Waals surface area contributed by atoms with Crippen LogP contribution in [0.15, 0.2) is 18.2 Å². The third kappa shape index (κ3) is 2.95. The lowest BCUT2D eigenvalue weighted by Crippen LogP contribution is -2.23. The molecule has 0 saturated heterocycles. The Bertz CT molecular complexity index is 514. The van der Waals surface area contributed by atoms with Crippen LogP contribution in [0.3, 0.4) is 0 Å². The lowest BCUT2D eigenvalue weighted by atomic mass is 10.1. The van der Waals surface area contributed by atoms with Crippen molar-refractivity contribution in [2.75, 3.05) is 6.54 Å². The van der Waals surface area contributed by atoms with E-state index >= 15 is 0 Å². The topological polar surface area (TPSA) is 92.5 Å². The van der Waals surface area contributed by atoms with Crippen LogP contribution in [0.1, 0.15) is 17.3 Å². The minimum Gasteiger partial charge on any atom is -0.502 e. The first-order chi connectivity index (χ1) is 8.07. The average molecular weight is 234 g/mol. The fourth-order valence-corrected chi connectivity index (χ4v) is 1.17. The molecule has 1 rings (SSSR count). The molecule has 0 aliphatic heterocycles. The Morgan fingerprint density at radius 3 is 2.88 bits per heavy atom. The molecular weight excluding hydrogens is 224 g/mol. The number of para-hydroxylation sites is 1. The van der Waals surface area contributed by atoms with Crippen LogP contribution in [0.4, 0.5) is 5.69 Å². The summed E-state index contributed by atoms with van der Waals surface area (Å²) in [6, 6.07) is 3.76. The number of nitrogens with one attached hydrogen (secondary N) is 1. The zero-order valence-corrected chi connectivity index (χ0v) is 9.06. The third-order valence-electron chi connectivity index (χ3n) is 1.97. The second-order valence-electron chi connectivity index (χ2n) is 3.04. The van der Waals surface area contributed by atoms with Gasteiger partial charge in [-0.3, -0.25) is 14.9 Å². The molecule has 1 amide bonds. The average Bonchev–Trinajstić information content (AvgIpc) is 2.29. The number of hydrogen-bond donors (Lipinski definition) is 2. The molecule has 0 heterocycles. The maximum Gasteiger partial charge on any atom is 0.311 e. The molecule has 6 nitrogen and oxygen atoms in total. The lowest BCUT2D eigenvalue weighted by Gasteiger charge is -2.04. The molecule has 0 fully saturated rings. The summed E-state index contributed by atoms with van der Waals surface area (Å²) < 4.78 is 0. The Kier molecular flexibility index (Phi) is 4.06. The summed E-state index contributed by atoms with van der Waals surface area (Å²) in [6.45, 7) is 1.74. The van der Waals surface area contributed by atoms with Crippen molar-refractivity contribution in [3.05, 3.63) is 33.9 Å². The van der Waals surface area contributed by atoms with Gasteiger partial charge in [0, 0.05) is 6.07 Å². The Balaban J connectivity index is 2.97. The first-order valence-electron chi connectivity index (χ1n) is 4.72. The molecule has 0 bridgehead atoms. The lowest BCUT2D eigenvalue weighted by molar-refractivity contribution is -0.385. The van der Waals surface area contributed by atoms with Gasteiger partial charge in [-0.2, -0.15) is 0 Å². The highest BCUT2D eigenvalue weighted by molar-refractivity contribution is 5.98. The molecule has 17 heavy (non-hydrogen) atoms. The van der Waals surface area contributed by atoms with Gasteiger partial charge in [0.05, 0.1) is 17.0 Å². The van der Waals surface area contributed by atoms with Gasteiger partial charge in [0.2, 0.25) is 5.75 Å². The van der Waals surface area contributed by atoms with E-state index in [0.717, 1.165) is 6.07 Å². The smallest absolute Gasteiger partial charge is 0.311 e. The van der Waals surface area contributed by atoms with Gasteiger partial charge in [-0.1, -0.05) is 12.0 Å². The molecule has 88 valence electrons. The van der Waals surface area contributed by atoms with E-state index in [1.54, 1.807) is 6.92 Å². The zero-order valence-electron chi connectivity index (χ0n) is 9.06. The number of amides is 1. The molecule has 0 aliphatic carbocycles. The number of rotatable bonds is 3. The van der Waals surface area contributed by atoms with Gasteiger partial charge >= 0.3 is 5.69 Å². The number of nitro groups is 1. The van der Waals surface area contributed by atoms with Crippen LogP contribution >= 0.6 is 0 Å². The highest BCUT2D eigenvalue weighted by atomic mass is 16.6. The van der Waals surface area contributed by atoms with Crippen LogP contribution < -0.4 is 5.32 Å². The first-order valence-corrected chi connectivity index (χ1v) is 4.72. The fraction of sp³-hybridized carbons (Fsp3) is 0.182. The van der Waals surface area contributed by atoms with Crippen molar-refractivity contribution in [3.8, 4) is 17.6 Å². The van der Waals surface area contributed by atoms with Crippen molar-refractivity contribution in [1.29, 1.82) is 0 Å². The summed E-state index contributed by atoms with van der Waals surface area (Å²) >= 11 is 0. The van der Waals surface area contributed by atoms with Gasteiger partial charge in [-0.25, -0.2) is 0 Å². The number of benzene rings is 1. The van der Waals surface area contributed by atoms with Crippen LogP contribution in [0, 0.1) is 22.0 Å². The molecule has 0 aliphatic rings. The number of carbonyl (C=O) groups is 1. The van der Waals surface area contributed by atoms with Crippen LogP contribution in [0.2, 0.25) is 0 Å². The second-order valence-corrected chi connectivity index (χ2v) is 3.04. The van der Waals surface area contributed by atoms with Crippen molar-refractivity contribution in [2.24, 2.45) is 0 Å². The molecule has 0 atom stereocenters. The number of phenols is 1. The summed E-state index contributed by atoms with van der Waals surface area (Å²) in [5.41, 5.74) is -0.642. The summed E-state index contributed by atoms with van der Waals surface area (Å²) in [6.07, 6.45) is 0. The molecule has 6 heteroatoms. The third-order valence-corrected chi connectivity index (χ3v) is 1.97. The number of phenolic OH excluding ortho intramolecular Hbond substituents is 1. The predicted molar refractivity (Wildman–Crippen MR) is 60.5 cm³/mol. The van der Waals surface area contributed by atoms with E-state index in [-0.39, 0.29) is 12.1 Å². The summed E-state index contributed by atoms with van der Waals surface area (Å²) in [5, 5.41) is 22.5. The molecule has 1 aromatic carbocycles. The first kappa shape index (κ1) is 12.5. The van der Waals surface area contributed by atoms with Crippen molar-refractivity contribution >= 4 is 11.6 Å². The quantitative estimate of drug-likeness (QED) is 0.464. The van der Waals surface area contributed by atoms with E-state index < -0.39 is 22.3 Å². The highest BCUT2D eigenvalue weighted by Crippen LogP contribution is 2.28. The van der Waals surface area contributed by atoms with Gasteiger partial charge in [-0.15, -0.1) is 5.92 Å². The van der Waals surface area contributed by atoms with E-state index in [2.05, 4.69) is 17.2 Å². The maximum absolute atomic E-state index is 11.6. The maximum atomic E-state index is 11.6. The van der Waals surface area contributed by atoms with Gasteiger partial charge in [0.15, 0.2) is 0 Å². The normalized spacial score (nSPS) is 9.00. The predicted octanol–water partition coefficient (Wildman–Crippen LogP) is 1.05. The molecule has 0 radical (unpaired) electrons. The molecule has 1 aromatic rings. The Hall–Kier alpha value is -2.55. The number of carbonyl (C=O) groups excluding carboxylic acids is 1. The van der Waals surface area contributed by atoms with E-state index in [1.807, 2.05) is 0 Å². The van der Waals surface area contributed by atoms with Crippen molar-refractivity contribution in [1.82, 2.24) is 5.32 Å². The monoisotopic (exact) mass is 234 g/mol. The minimum atomic E-state index is -0.752. The number of aromatic hydroxyl groups is 1. The second kappa shape index (κ2) is 5.51. The fourth-order valence-electron chi connectivity index (χ4n) is 1.17. The molecular formula is C11H10N2O4. The Morgan fingerprint density at radius 1 is 1.59 bits per heavy atom.